The molecule has 3 atom stereocenters. The van der Waals surface area contributed by atoms with Gasteiger partial charge in [0.2, 0.25) is 0 Å². The highest BCUT2D eigenvalue weighted by Crippen LogP contribution is 2.29. The normalized spacial score (nSPS) is 19.4. The van der Waals surface area contributed by atoms with E-state index in [0.29, 0.717) is 30.0 Å². The Balaban J connectivity index is 0.000000478. The van der Waals surface area contributed by atoms with Crippen LogP contribution in [0.2, 0.25) is 0 Å². The fourth-order valence-corrected chi connectivity index (χ4v) is 3.77. The molecule has 1 saturated heterocycles. The second kappa shape index (κ2) is 14.4. The molecule has 0 saturated carbocycles. The summed E-state index contributed by atoms with van der Waals surface area (Å²) in [5.74, 6) is 1.19. The van der Waals surface area contributed by atoms with E-state index in [1.165, 1.54) is 12.0 Å². The molecule has 1 aromatic rings. The third-order valence-electron chi connectivity index (χ3n) is 4.75. The molecule has 0 amide bonds. The molecular weight excluding hydrogens is 342 g/mol. The summed E-state index contributed by atoms with van der Waals surface area (Å²) in [5, 5.41) is 6.87. The van der Waals surface area contributed by atoms with E-state index < -0.39 is 0 Å². The summed E-state index contributed by atoms with van der Waals surface area (Å²) in [4.78, 5) is 2.21. The first kappa shape index (κ1) is 26.4. The predicted octanol–water partition coefficient (Wildman–Crippen LogP) is 5.63. The van der Waals surface area contributed by atoms with Gasteiger partial charge in [-0.3, -0.25) is 0 Å². The molecule has 0 aromatic heterocycles. The molecule has 1 aliphatic rings. The zero-order valence-corrected chi connectivity index (χ0v) is 19.6. The Morgan fingerprint density at radius 3 is 2.14 bits per heavy atom. The molecule has 2 N–H and O–H groups in total. The van der Waals surface area contributed by atoms with E-state index in [9.17, 15) is 0 Å². The lowest BCUT2D eigenvalue weighted by atomic mass is 9.95. The maximum atomic E-state index is 4.08. The second-order valence-electron chi connectivity index (χ2n) is 8.01. The molecule has 1 aliphatic heterocycles. The van der Waals surface area contributed by atoms with Crippen molar-refractivity contribution in [2.45, 2.75) is 66.1 Å². The van der Waals surface area contributed by atoms with Crippen LogP contribution >= 0.6 is 0 Å². The van der Waals surface area contributed by atoms with Crippen molar-refractivity contribution in [3.63, 3.8) is 0 Å². The average Bonchev–Trinajstić information content (AvgIpc) is 3.12. The highest BCUT2D eigenvalue weighted by atomic mass is 15.1. The van der Waals surface area contributed by atoms with E-state index >= 15 is 0 Å². The van der Waals surface area contributed by atoms with E-state index in [2.05, 4.69) is 107 Å². The van der Waals surface area contributed by atoms with Gasteiger partial charge in [0.25, 0.3) is 0 Å². The standard InChI is InChI=1S/C12H15N.C11H24N2.C2H6/c1-2-10-8-9-13-12(10)11-6-4-3-5-7-11;1-8(2)11(13(6)7)10(5)12-9(3)4;1-2/h2-7,10,12-13H,1,8-9H2;8-9,11-12H,5H2,1-4,6-7H3;1-2H3. The molecule has 0 radical (unpaired) electrons. The number of rotatable bonds is 7. The zero-order valence-electron chi connectivity index (χ0n) is 19.6. The average molecular weight is 388 g/mol. The monoisotopic (exact) mass is 387 g/mol. The molecule has 28 heavy (non-hydrogen) atoms. The van der Waals surface area contributed by atoms with Crippen LogP contribution in [-0.2, 0) is 0 Å². The molecule has 1 aromatic carbocycles. The summed E-state index contributed by atoms with van der Waals surface area (Å²) in [6.07, 6.45) is 3.28. The lowest BCUT2D eigenvalue weighted by Crippen LogP contribution is -2.40. The van der Waals surface area contributed by atoms with E-state index in [-0.39, 0.29) is 0 Å². The van der Waals surface area contributed by atoms with Crippen LogP contribution in [0.3, 0.4) is 0 Å². The van der Waals surface area contributed by atoms with Gasteiger partial charge in [0, 0.05) is 17.8 Å². The SMILES string of the molecule is C=C(NC(C)C)C(C(C)C)N(C)C.C=CC1CCNC1c1ccccc1.CC. The highest BCUT2D eigenvalue weighted by molar-refractivity contribution is 5.22. The number of nitrogens with one attached hydrogen (secondary N) is 2. The molecule has 1 heterocycles. The van der Waals surface area contributed by atoms with Crippen LogP contribution in [0.4, 0.5) is 0 Å². The van der Waals surface area contributed by atoms with E-state index in [1.54, 1.807) is 0 Å². The van der Waals surface area contributed by atoms with Crippen LogP contribution in [0.25, 0.3) is 0 Å². The Morgan fingerprint density at radius 2 is 1.71 bits per heavy atom. The van der Waals surface area contributed by atoms with Crippen molar-refractivity contribution < 1.29 is 0 Å². The first-order valence-electron chi connectivity index (χ1n) is 10.8. The first-order chi connectivity index (χ1) is 13.3. The lowest BCUT2D eigenvalue weighted by Gasteiger charge is -2.31. The predicted molar refractivity (Wildman–Crippen MR) is 127 cm³/mol. The summed E-state index contributed by atoms with van der Waals surface area (Å²) < 4.78 is 0. The fourth-order valence-electron chi connectivity index (χ4n) is 3.77. The minimum absolute atomic E-state index is 0.419. The molecule has 0 spiro atoms. The summed E-state index contributed by atoms with van der Waals surface area (Å²) in [7, 11) is 4.19. The van der Waals surface area contributed by atoms with Crippen molar-refractivity contribution in [2.75, 3.05) is 20.6 Å². The number of hydrogen-bond donors (Lipinski definition) is 2. The van der Waals surface area contributed by atoms with E-state index in [4.69, 9.17) is 0 Å². The van der Waals surface area contributed by atoms with Gasteiger partial charge in [-0.1, -0.05) is 70.7 Å². The van der Waals surface area contributed by atoms with Gasteiger partial charge in [-0.05, 0) is 58.3 Å². The van der Waals surface area contributed by atoms with Crippen LogP contribution in [0, 0.1) is 11.8 Å². The largest absolute Gasteiger partial charge is 0.385 e. The van der Waals surface area contributed by atoms with Crippen molar-refractivity contribution in [3.05, 3.63) is 60.8 Å². The Morgan fingerprint density at radius 1 is 1.14 bits per heavy atom. The second-order valence-corrected chi connectivity index (χ2v) is 8.01. The van der Waals surface area contributed by atoms with Gasteiger partial charge in [0.1, 0.15) is 0 Å². The van der Waals surface area contributed by atoms with Gasteiger partial charge < -0.3 is 15.5 Å². The van der Waals surface area contributed by atoms with Crippen molar-refractivity contribution in [1.29, 1.82) is 0 Å². The lowest BCUT2D eigenvalue weighted by molar-refractivity contribution is 0.255. The Bertz CT molecular complexity index is 526. The smallest absolute Gasteiger partial charge is 0.0506 e. The molecule has 3 unspecified atom stereocenters. The van der Waals surface area contributed by atoms with Crippen LogP contribution < -0.4 is 10.6 Å². The summed E-state index contributed by atoms with van der Waals surface area (Å²) in [6, 6.07) is 12.0. The van der Waals surface area contributed by atoms with Crippen LogP contribution in [0.5, 0.6) is 0 Å². The molecule has 3 heteroatoms. The van der Waals surface area contributed by atoms with Gasteiger partial charge in [-0.25, -0.2) is 0 Å². The van der Waals surface area contributed by atoms with E-state index in [0.717, 1.165) is 12.2 Å². The van der Waals surface area contributed by atoms with Crippen LogP contribution in [0.1, 0.15) is 59.6 Å². The van der Waals surface area contributed by atoms with Crippen molar-refractivity contribution in [3.8, 4) is 0 Å². The zero-order chi connectivity index (χ0) is 21.7. The van der Waals surface area contributed by atoms with E-state index in [1.807, 2.05) is 13.8 Å². The van der Waals surface area contributed by atoms with Gasteiger partial charge >= 0.3 is 0 Å². The molecule has 2 rings (SSSR count). The van der Waals surface area contributed by atoms with Crippen molar-refractivity contribution in [1.82, 2.24) is 15.5 Å². The topological polar surface area (TPSA) is 27.3 Å². The minimum Gasteiger partial charge on any atom is -0.385 e. The van der Waals surface area contributed by atoms with Gasteiger partial charge in [0.05, 0.1) is 6.04 Å². The van der Waals surface area contributed by atoms with Crippen molar-refractivity contribution >= 4 is 0 Å². The summed E-state index contributed by atoms with van der Waals surface area (Å²) in [5.41, 5.74) is 2.50. The molecule has 0 aliphatic carbocycles. The molecule has 1 fully saturated rings. The fraction of sp³-hybridized carbons (Fsp3) is 0.600. The number of nitrogens with zero attached hydrogens (tertiary/aromatic N) is 1. The summed E-state index contributed by atoms with van der Waals surface area (Å²) in [6.45, 7) is 21.8. The third-order valence-corrected chi connectivity index (χ3v) is 4.75. The van der Waals surface area contributed by atoms with Crippen LogP contribution in [-0.4, -0.2) is 37.6 Å². The highest BCUT2D eigenvalue weighted by Gasteiger charge is 2.25. The quantitative estimate of drug-likeness (QED) is 0.593. The number of likely N-dealkylation sites (N-methyl/N-ethyl adjacent to an activating group) is 1. The summed E-state index contributed by atoms with van der Waals surface area (Å²) >= 11 is 0. The molecule has 0 bridgehead atoms. The van der Waals surface area contributed by atoms with Crippen molar-refractivity contribution in [2.24, 2.45) is 11.8 Å². The Hall–Kier alpha value is -1.58. The number of benzene rings is 1. The molecule has 160 valence electrons. The number of hydrogen-bond acceptors (Lipinski definition) is 3. The Kier molecular flexibility index (Phi) is 13.6. The first-order valence-corrected chi connectivity index (χ1v) is 10.8. The molecule has 3 nitrogen and oxygen atoms in total. The van der Waals surface area contributed by atoms with Gasteiger partial charge in [0.15, 0.2) is 0 Å². The maximum absolute atomic E-state index is 4.08. The van der Waals surface area contributed by atoms with Gasteiger partial charge in [-0.2, -0.15) is 0 Å². The maximum Gasteiger partial charge on any atom is 0.0506 e. The molecular formula is C25H45N3. The third kappa shape index (κ3) is 9.07. The van der Waals surface area contributed by atoms with Gasteiger partial charge in [-0.15, -0.1) is 6.58 Å². The van der Waals surface area contributed by atoms with Crippen LogP contribution in [0.15, 0.2) is 55.3 Å². The minimum atomic E-state index is 0.419. The Labute approximate surface area is 175 Å².